The molecule has 108 valence electrons. The molecule has 0 bridgehead atoms. The molecule has 0 amide bonds. The Morgan fingerprint density at radius 3 is 2.95 bits per heavy atom. The van der Waals surface area contributed by atoms with E-state index < -0.39 is 10.0 Å². The predicted octanol–water partition coefficient (Wildman–Crippen LogP) is 2.27. The molecule has 1 atom stereocenters. The minimum atomic E-state index is -3.13. The van der Waals surface area contributed by atoms with Crippen molar-refractivity contribution in [2.75, 3.05) is 5.75 Å². The summed E-state index contributed by atoms with van der Waals surface area (Å²) >= 11 is 0. The first kappa shape index (κ1) is 13.6. The smallest absolute Gasteiger partial charge is 0.211 e. The van der Waals surface area contributed by atoms with Gasteiger partial charge in [-0.25, -0.2) is 13.1 Å². The molecular weight excluding hydrogens is 272 g/mol. The first-order chi connectivity index (χ1) is 9.48. The van der Waals surface area contributed by atoms with Crippen molar-refractivity contribution in [3.63, 3.8) is 0 Å². The van der Waals surface area contributed by atoms with Crippen molar-refractivity contribution < 1.29 is 8.42 Å². The lowest BCUT2D eigenvalue weighted by Gasteiger charge is -2.23. The number of aromatic nitrogens is 1. The lowest BCUT2D eigenvalue weighted by Crippen LogP contribution is -2.39. The molecule has 4 nitrogen and oxygen atoms in total. The van der Waals surface area contributed by atoms with Crippen LogP contribution in [0.5, 0.6) is 0 Å². The van der Waals surface area contributed by atoms with E-state index >= 15 is 0 Å². The van der Waals surface area contributed by atoms with E-state index in [0.29, 0.717) is 0 Å². The average molecular weight is 292 g/mol. The van der Waals surface area contributed by atoms with Crippen molar-refractivity contribution in [3.05, 3.63) is 35.0 Å². The highest BCUT2D eigenvalue weighted by Gasteiger charge is 2.25. The van der Waals surface area contributed by atoms with Gasteiger partial charge in [0.15, 0.2) is 0 Å². The molecule has 1 aromatic carbocycles. The largest absolute Gasteiger partial charge is 0.358 e. The minimum Gasteiger partial charge on any atom is -0.358 e. The number of aryl methyl sites for hydroxylation is 2. The van der Waals surface area contributed by atoms with Crippen molar-refractivity contribution in [1.29, 1.82) is 0 Å². The average Bonchev–Trinajstić information content (AvgIpc) is 2.76. The van der Waals surface area contributed by atoms with Gasteiger partial charge in [0.2, 0.25) is 10.0 Å². The quantitative estimate of drug-likeness (QED) is 0.911. The van der Waals surface area contributed by atoms with E-state index in [1.54, 1.807) is 6.92 Å². The van der Waals surface area contributed by atoms with E-state index in [1.807, 2.05) is 0 Å². The first-order valence-electron chi connectivity index (χ1n) is 7.08. The number of benzene rings is 1. The highest BCUT2D eigenvalue weighted by molar-refractivity contribution is 7.89. The number of hydrogen-bond acceptors (Lipinski definition) is 2. The molecule has 1 aromatic heterocycles. The Morgan fingerprint density at radius 2 is 2.20 bits per heavy atom. The Hall–Kier alpha value is -1.33. The van der Waals surface area contributed by atoms with Crippen LogP contribution in [-0.4, -0.2) is 25.2 Å². The van der Waals surface area contributed by atoms with Crippen LogP contribution < -0.4 is 4.72 Å². The number of hydrogen-bond donors (Lipinski definition) is 2. The van der Waals surface area contributed by atoms with Gasteiger partial charge in [0.05, 0.1) is 5.75 Å². The fourth-order valence-electron chi connectivity index (χ4n) is 2.97. The van der Waals surface area contributed by atoms with Gasteiger partial charge in [0.1, 0.15) is 0 Å². The monoisotopic (exact) mass is 292 g/mol. The van der Waals surface area contributed by atoms with Crippen LogP contribution >= 0.6 is 0 Å². The predicted molar refractivity (Wildman–Crippen MR) is 81.4 cm³/mol. The number of H-pyrrole nitrogens is 1. The van der Waals surface area contributed by atoms with Crippen LogP contribution in [0.2, 0.25) is 0 Å². The lowest BCUT2D eigenvalue weighted by molar-refractivity contribution is 0.507. The van der Waals surface area contributed by atoms with Gasteiger partial charge in [-0.05, 0) is 50.8 Å². The molecule has 0 saturated heterocycles. The lowest BCUT2D eigenvalue weighted by atomic mass is 9.92. The molecular formula is C15H20N2O2S. The van der Waals surface area contributed by atoms with Crippen molar-refractivity contribution in [3.8, 4) is 0 Å². The SMILES string of the molecule is CCS(=O)(=O)NC1CCc2[nH]c3ccc(C)cc3c2C1. The summed E-state index contributed by atoms with van der Waals surface area (Å²) in [6.45, 7) is 3.75. The van der Waals surface area contributed by atoms with Gasteiger partial charge in [-0.15, -0.1) is 0 Å². The fraction of sp³-hybridized carbons (Fsp3) is 0.467. The van der Waals surface area contributed by atoms with Crippen LogP contribution in [0.3, 0.4) is 0 Å². The van der Waals surface area contributed by atoms with Crippen LogP contribution in [-0.2, 0) is 22.9 Å². The second kappa shape index (κ2) is 4.90. The molecule has 2 N–H and O–H groups in total. The third kappa shape index (κ3) is 2.47. The summed E-state index contributed by atoms with van der Waals surface area (Å²) in [5.74, 6) is 0.142. The molecule has 0 spiro atoms. The Kier molecular flexibility index (Phi) is 3.34. The zero-order valence-corrected chi connectivity index (χ0v) is 12.7. The Labute approximate surface area is 119 Å². The topological polar surface area (TPSA) is 62.0 Å². The molecule has 1 aliphatic rings. The van der Waals surface area contributed by atoms with Crippen molar-refractivity contribution in [1.82, 2.24) is 9.71 Å². The number of fused-ring (bicyclic) bond motifs is 3. The molecule has 0 aliphatic heterocycles. The molecule has 20 heavy (non-hydrogen) atoms. The Bertz CT molecular complexity index is 747. The molecule has 1 unspecified atom stereocenters. The number of sulfonamides is 1. The maximum atomic E-state index is 11.7. The van der Waals surface area contributed by atoms with E-state index in [0.717, 1.165) is 24.8 Å². The maximum absolute atomic E-state index is 11.7. The molecule has 0 saturated carbocycles. The van der Waals surface area contributed by atoms with Crippen LogP contribution in [0, 0.1) is 6.92 Å². The van der Waals surface area contributed by atoms with Gasteiger partial charge in [-0.2, -0.15) is 0 Å². The van der Waals surface area contributed by atoms with Gasteiger partial charge < -0.3 is 4.98 Å². The van der Waals surface area contributed by atoms with Gasteiger partial charge in [-0.1, -0.05) is 11.6 Å². The second-order valence-corrected chi connectivity index (χ2v) is 7.63. The summed E-state index contributed by atoms with van der Waals surface area (Å²) in [6, 6.07) is 6.41. The van der Waals surface area contributed by atoms with E-state index in [2.05, 4.69) is 34.8 Å². The zero-order chi connectivity index (χ0) is 14.3. The Balaban J connectivity index is 1.94. The van der Waals surface area contributed by atoms with Crippen molar-refractivity contribution >= 4 is 20.9 Å². The summed E-state index contributed by atoms with van der Waals surface area (Å²) in [4.78, 5) is 3.46. The normalized spacial score (nSPS) is 19.2. The highest BCUT2D eigenvalue weighted by Crippen LogP contribution is 2.30. The van der Waals surface area contributed by atoms with Gasteiger partial charge in [0.25, 0.3) is 0 Å². The Morgan fingerprint density at radius 1 is 1.40 bits per heavy atom. The van der Waals surface area contributed by atoms with E-state index in [-0.39, 0.29) is 11.8 Å². The van der Waals surface area contributed by atoms with Crippen molar-refractivity contribution in [2.24, 2.45) is 0 Å². The summed E-state index contributed by atoms with van der Waals surface area (Å²) in [6.07, 6.45) is 2.54. The minimum absolute atomic E-state index is 0.0203. The van der Waals surface area contributed by atoms with Crippen LogP contribution in [0.25, 0.3) is 10.9 Å². The fourth-order valence-corrected chi connectivity index (χ4v) is 3.84. The summed E-state index contributed by atoms with van der Waals surface area (Å²) in [7, 11) is -3.13. The highest BCUT2D eigenvalue weighted by atomic mass is 32.2. The molecule has 0 radical (unpaired) electrons. The van der Waals surface area contributed by atoms with Crippen LogP contribution in [0.1, 0.15) is 30.2 Å². The van der Waals surface area contributed by atoms with Gasteiger partial charge in [0, 0.05) is 22.6 Å². The van der Waals surface area contributed by atoms with Crippen LogP contribution in [0.15, 0.2) is 18.2 Å². The molecule has 3 rings (SSSR count). The summed E-state index contributed by atoms with van der Waals surface area (Å²) < 4.78 is 26.2. The number of aromatic amines is 1. The van der Waals surface area contributed by atoms with Gasteiger partial charge >= 0.3 is 0 Å². The van der Waals surface area contributed by atoms with E-state index in [9.17, 15) is 8.42 Å². The molecule has 5 heteroatoms. The molecule has 2 aromatic rings. The van der Waals surface area contributed by atoms with E-state index in [4.69, 9.17) is 0 Å². The standard InChI is InChI=1S/C15H20N2O2S/c1-3-20(18,19)17-11-5-7-15-13(9-11)12-8-10(2)4-6-14(12)16-15/h4,6,8,11,16-17H,3,5,7,9H2,1-2H3. The second-order valence-electron chi connectivity index (χ2n) is 5.59. The maximum Gasteiger partial charge on any atom is 0.211 e. The molecule has 1 heterocycles. The third-order valence-corrected chi connectivity index (χ3v) is 5.52. The zero-order valence-electron chi connectivity index (χ0n) is 11.9. The number of rotatable bonds is 3. The summed E-state index contributed by atoms with van der Waals surface area (Å²) in [5, 5.41) is 1.24. The van der Waals surface area contributed by atoms with Crippen molar-refractivity contribution in [2.45, 2.75) is 39.2 Å². The number of nitrogens with one attached hydrogen (secondary N) is 2. The van der Waals surface area contributed by atoms with E-state index in [1.165, 1.54) is 22.2 Å². The van der Waals surface area contributed by atoms with Crippen LogP contribution in [0.4, 0.5) is 0 Å². The third-order valence-electron chi connectivity index (χ3n) is 4.07. The molecule has 1 aliphatic carbocycles. The van der Waals surface area contributed by atoms with Gasteiger partial charge in [-0.3, -0.25) is 0 Å². The molecule has 0 fully saturated rings. The summed E-state index contributed by atoms with van der Waals surface area (Å²) in [5.41, 5.74) is 4.92. The first-order valence-corrected chi connectivity index (χ1v) is 8.74.